The number of halogens is 4. The molecule has 6 heteroatoms. The first-order chi connectivity index (χ1) is 8.47. The Labute approximate surface area is 101 Å². The molecular weight excluding hydrogens is 252 g/mol. The van der Waals surface area contributed by atoms with Crippen molar-refractivity contribution >= 4 is 12.0 Å². The largest absolute Gasteiger partial charge is 0.466 e. The Kier molecular flexibility index (Phi) is 4.88. The normalized spacial score (nSPS) is 10.9. The Morgan fingerprint density at radius 2 is 1.78 bits per heavy atom. The third kappa shape index (κ3) is 3.32. The molecule has 0 saturated carbocycles. The molecule has 0 aliphatic rings. The third-order valence-electron chi connectivity index (χ3n) is 2.02. The molecule has 98 valence electrons. The number of hydrogen-bond donors (Lipinski definition) is 0. The summed E-state index contributed by atoms with van der Waals surface area (Å²) in [6, 6.07) is 0.118. The highest BCUT2D eigenvalue weighted by atomic mass is 19.2. The van der Waals surface area contributed by atoms with Gasteiger partial charge in [0.15, 0.2) is 23.3 Å². The van der Waals surface area contributed by atoms with E-state index in [4.69, 9.17) is 0 Å². The number of hydrogen-bond acceptors (Lipinski definition) is 2. The van der Waals surface area contributed by atoms with Crippen molar-refractivity contribution < 1.29 is 27.1 Å². The van der Waals surface area contributed by atoms with E-state index in [-0.39, 0.29) is 19.1 Å². The molecule has 0 radical (unpaired) electrons. The van der Waals surface area contributed by atoms with Crippen LogP contribution >= 0.6 is 0 Å². The predicted molar refractivity (Wildman–Crippen MR) is 56.6 cm³/mol. The SMILES string of the molecule is CCOC(=O)CC=Cc1c(F)c(F)cc(F)c1F. The number of esters is 1. The molecule has 0 N–H and O–H groups in total. The molecule has 0 amide bonds. The summed E-state index contributed by atoms with van der Waals surface area (Å²) >= 11 is 0. The third-order valence-corrected chi connectivity index (χ3v) is 2.02. The molecule has 0 aliphatic carbocycles. The van der Waals surface area contributed by atoms with E-state index in [9.17, 15) is 22.4 Å². The van der Waals surface area contributed by atoms with Crippen LogP contribution in [0.2, 0.25) is 0 Å². The number of rotatable bonds is 4. The van der Waals surface area contributed by atoms with Gasteiger partial charge >= 0.3 is 5.97 Å². The fourth-order valence-electron chi connectivity index (χ4n) is 1.23. The van der Waals surface area contributed by atoms with Crippen molar-refractivity contribution in [2.45, 2.75) is 13.3 Å². The summed E-state index contributed by atoms with van der Waals surface area (Å²) in [6.45, 7) is 1.77. The van der Waals surface area contributed by atoms with Crippen LogP contribution in [0.4, 0.5) is 17.6 Å². The minimum absolute atomic E-state index is 0.118. The van der Waals surface area contributed by atoms with Gasteiger partial charge in [-0.1, -0.05) is 12.2 Å². The minimum Gasteiger partial charge on any atom is -0.466 e. The average molecular weight is 262 g/mol. The topological polar surface area (TPSA) is 26.3 Å². The Hall–Kier alpha value is -1.85. The van der Waals surface area contributed by atoms with E-state index in [1.54, 1.807) is 6.92 Å². The average Bonchev–Trinajstić information content (AvgIpc) is 2.31. The predicted octanol–water partition coefficient (Wildman–Crippen LogP) is 3.21. The molecule has 0 heterocycles. The van der Waals surface area contributed by atoms with Crippen molar-refractivity contribution in [1.29, 1.82) is 0 Å². The highest BCUT2D eigenvalue weighted by molar-refractivity contribution is 5.72. The van der Waals surface area contributed by atoms with E-state index >= 15 is 0 Å². The molecule has 0 bridgehead atoms. The molecule has 0 spiro atoms. The fraction of sp³-hybridized carbons (Fsp3) is 0.250. The summed E-state index contributed by atoms with van der Waals surface area (Å²) < 4.78 is 56.5. The zero-order valence-electron chi connectivity index (χ0n) is 9.47. The van der Waals surface area contributed by atoms with Crippen molar-refractivity contribution in [1.82, 2.24) is 0 Å². The summed E-state index contributed by atoms with van der Waals surface area (Å²) in [7, 11) is 0. The monoisotopic (exact) mass is 262 g/mol. The van der Waals surface area contributed by atoms with Gasteiger partial charge < -0.3 is 4.74 Å². The Balaban J connectivity index is 2.91. The van der Waals surface area contributed by atoms with Crippen LogP contribution in [0.1, 0.15) is 18.9 Å². The van der Waals surface area contributed by atoms with Crippen molar-refractivity contribution in [2.75, 3.05) is 6.61 Å². The summed E-state index contributed by atoms with van der Waals surface area (Å²) in [4.78, 5) is 10.9. The lowest BCUT2D eigenvalue weighted by molar-refractivity contribution is -0.142. The van der Waals surface area contributed by atoms with Gasteiger partial charge in [0, 0.05) is 6.07 Å². The van der Waals surface area contributed by atoms with Gasteiger partial charge in [-0.25, -0.2) is 17.6 Å². The maximum atomic E-state index is 13.2. The maximum absolute atomic E-state index is 13.2. The first kappa shape index (κ1) is 14.2. The smallest absolute Gasteiger partial charge is 0.309 e. The molecule has 1 aromatic carbocycles. The summed E-state index contributed by atoms with van der Waals surface area (Å²) in [6.07, 6.45) is 1.62. The van der Waals surface area contributed by atoms with Crippen LogP contribution in [0.3, 0.4) is 0 Å². The van der Waals surface area contributed by atoms with Crippen LogP contribution in [-0.4, -0.2) is 12.6 Å². The zero-order valence-corrected chi connectivity index (χ0v) is 9.47. The Morgan fingerprint density at radius 3 is 2.28 bits per heavy atom. The van der Waals surface area contributed by atoms with Gasteiger partial charge in [0.25, 0.3) is 0 Å². The van der Waals surface area contributed by atoms with E-state index in [0.29, 0.717) is 0 Å². The molecule has 1 aromatic rings. The number of carbonyl (C=O) groups excluding carboxylic acids is 1. The second-order valence-corrected chi connectivity index (χ2v) is 3.29. The summed E-state index contributed by atoms with van der Waals surface area (Å²) in [5, 5.41) is 0. The summed E-state index contributed by atoms with van der Waals surface area (Å²) in [5.41, 5.74) is -0.864. The second-order valence-electron chi connectivity index (χ2n) is 3.29. The second kappa shape index (κ2) is 6.18. The van der Waals surface area contributed by atoms with Crippen molar-refractivity contribution in [3.05, 3.63) is 41.0 Å². The molecule has 0 unspecified atom stereocenters. The molecule has 2 nitrogen and oxygen atoms in total. The van der Waals surface area contributed by atoms with Gasteiger partial charge in [-0.05, 0) is 6.92 Å². The maximum Gasteiger partial charge on any atom is 0.309 e. The molecule has 1 rings (SSSR count). The quantitative estimate of drug-likeness (QED) is 0.473. The van der Waals surface area contributed by atoms with Gasteiger partial charge in [0.05, 0.1) is 18.6 Å². The molecule has 0 aliphatic heterocycles. The zero-order chi connectivity index (χ0) is 13.7. The summed E-state index contributed by atoms with van der Waals surface area (Å²) in [5.74, 6) is -6.61. The van der Waals surface area contributed by atoms with Crippen LogP contribution in [0.5, 0.6) is 0 Å². The van der Waals surface area contributed by atoms with Crippen LogP contribution in [-0.2, 0) is 9.53 Å². The fourth-order valence-corrected chi connectivity index (χ4v) is 1.23. The minimum atomic E-state index is -1.51. The van der Waals surface area contributed by atoms with Crippen LogP contribution in [0.15, 0.2) is 12.1 Å². The molecule has 18 heavy (non-hydrogen) atoms. The lowest BCUT2D eigenvalue weighted by Gasteiger charge is -2.02. The number of ether oxygens (including phenoxy) is 1. The standard InChI is InChI=1S/C12H10F4O2/c1-2-18-10(17)5-3-4-7-11(15)8(13)6-9(14)12(7)16/h3-4,6H,2,5H2,1H3. The number of benzene rings is 1. The Bertz CT molecular complexity index is 457. The van der Waals surface area contributed by atoms with Gasteiger partial charge in [0.1, 0.15) is 0 Å². The van der Waals surface area contributed by atoms with Gasteiger partial charge in [-0.15, -0.1) is 0 Å². The molecule has 0 aromatic heterocycles. The van der Waals surface area contributed by atoms with E-state index in [1.165, 1.54) is 0 Å². The molecule has 0 saturated heterocycles. The van der Waals surface area contributed by atoms with E-state index < -0.39 is 34.8 Å². The van der Waals surface area contributed by atoms with Crippen molar-refractivity contribution in [3.8, 4) is 0 Å². The lowest BCUT2D eigenvalue weighted by atomic mass is 10.1. The van der Waals surface area contributed by atoms with Crippen LogP contribution in [0.25, 0.3) is 6.08 Å². The molecule has 0 fully saturated rings. The van der Waals surface area contributed by atoms with E-state index in [1.807, 2.05) is 0 Å². The van der Waals surface area contributed by atoms with Crippen molar-refractivity contribution in [2.24, 2.45) is 0 Å². The van der Waals surface area contributed by atoms with Gasteiger partial charge in [0.2, 0.25) is 0 Å². The Morgan fingerprint density at radius 1 is 1.22 bits per heavy atom. The first-order valence-corrected chi connectivity index (χ1v) is 5.12. The van der Waals surface area contributed by atoms with Crippen LogP contribution < -0.4 is 0 Å². The molecule has 0 atom stereocenters. The van der Waals surface area contributed by atoms with E-state index in [0.717, 1.165) is 12.2 Å². The van der Waals surface area contributed by atoms with Crippen LogP contribution in [0, 0.1) is 23.3 Å². The van der Waals surface area contributed by atoms with Crippen molar-refractivity contribution in [3.63, 3.8) is 0 Å². The number of carbonyl (C=O) groups is 1. The van der Waals surface area contributed by atoms with E-state index in [2.05, 4.69) is 4.74 Å². The van der Waals surface area contributed by atoms with Gasteiger partial charge in [-0.3, -0.25) is 4.79 Å². The lowest BCUT2D eigenvalue weighted by Crippen LogP contribution is -2.02. The highest BCUT2D eigenvalue weighted by Gasteiger charge is 2.16. The highest BCUT2D eigenvalue weighted by Crippen LogP contribution is 2.20. The van der Waals surface area contributed by atoms with Gasteiger partial charge in [-0.2, -0.15) is 0 Å². The molecular formula is C12H10F4O2. The first-order valence-electron chi connectivity index (χ1n) is 5.12.